The number of carbonyl (C=O) groups excluding carboxylic acids is 2. The summed E-state index contributed by atoms with van der Waals surface area (Å²) >= 11 is 1.93. The van der Waals surface area contributed by atoms with Gasteiger partial charge >= 0.3 is 0 Å². The highest BCUT2D eigenvalue weighted by atomic mass is 32.2. The zero-order valence-corrected chi connectivity index (χ0v) is 13.9. The highest BCUT2D eigenvalue weighted by Crippen LogP contribution is 2.21. The average Bonchev–Trinajstić information content (AvgIpc) is 2.79. The van der Waals surface area contributed by atoms with Crippen LogP contribution in [0.25, 0.3) is 0 Å². The lowest BCUT2D eigenvalue weighted by Gasteiger charge is -2.24. The smallest absolute Gasteiger partial charge is 0.251 e. The molecule has 4 nitrogen and oxygen atoms in total. The summed E-state index contributed by atoms with van der Waals surface area (Å²) < 4.78 is 0. The van der Waals surface area contributed by atoms with Crippen LogP contribution in [0.2, 0.25) is 0 Å². The van der Waals surface area contributed by atoms with E-state index in [4.69, 9.17) is 0 Å². The fourth-order valence-corrected chi connectivity index (χ4v) is 3.75. The number of hydrogen-bond donors (Lipinski definition) is 1. The van der Waals surface area contributed by atoms with E-state index in [0.29, 0.717) is 10.8 Å². The first-order chi connectivity index (χ1) is 10.7. The van der Waals surface area contributed by atoms with E-state index >= 15 is 0 Å². The van der Waals surface area contributed by atoms with Gasteiger partial charge in [-0.3, -0.25) is 9.59 Å². The van der Waals surface area contributed by atoms with Gasteiger partial charge in [-0.1, -0.05) is 31.5 Å². The summed E-state index contributed by atoms with van der Waals surface area (Å²) in [6.45, 7) is 3.85. The van der Waals surface area contributed by atoms with Crippen LogP contribution in [0.3, 0.4) is 0 Å². The molecule has 0 bridgehead atoms. The largest absolute Gasteiger partial charge is 0.343 e. The molecule has 0 spiro atoms. The fraction of sp³-hybridized carbons (Fsp3) is 0.529. The van der Waals surface area contributed by atoms with Gasteiger partial charge < -0.3 is 10.2 Å². The molecule has 0 unspecified atom stereocenters. The van der Waals surface area contributed by atoms with Crippen molar-refractivity contribution in [3.05, 3.63) is 35.9 Å². The van der Waals surface area contributed by atoms with E-state index in [1.807, 2.05) is 34.9 Å². The first-order valence-electron chi connectivity index (χ1n) is 7.93. The molecule has 1 aromatic rings. The second-order valence-corrected chi connectivity index (χ2v) is 7.04. The van der Waals surface area contributed by atoms with Crippen LogP contribution in [0.4, 0.5) is 0 Å². The lowest BCUT2D eigenvalue weighted by atomic mass is 10.2. The first-order valence-corrected chi connectivity index (χ1v) is 8.98. The molecule has 1 aromatic carbocycles. The van der Waals surface area contributed by atoms with Gasteiger partial charge in [0.15, 0.2) is 0 Å². The zero-order chi connectivity index (χ0) is 15.8. The lowest BCUT2D eigenvalue weighted by Crippen LogP contribution is -2.42. The summed E-state index contributed by atoms with van der Waals surface area (Å²) in [7, 11) is 0. The summed E-state index contributed by atoms with van der Waals surface area (Å²) in [5.74, 6) is 0.911. The third-order valence-electron chi connectivity index (χ3n) is 3.82. The van der Waals surface area contributed by atoms with Gasteiger partial charge in [-0.05, 0) is 30.7 Å². The Morgan fingerprint density at radius 3 is 2.77 bits per heavy atom. The SMILES string of the molecule is CCS[C@H]1CCCCN(C(=O)CNC(=O)c2ccccc2)C1. The van der Waals surface area contributed by atoms with Gasteiger partial charge in [0.2, 0.25) is 5.91 Å². The summed E-state index contributed by atoms with van der Waals surface area (Å²) in [5, 5.41) is 3.26. The maximum absolute atomic E-state index is 12.3. The molecule has 0 radical (unpaired) electrons. The van der Waals surface area contributed by atoms with Crippen molar-refractivity contribution in [1.82, 2.24) is 10.2 Å². The van der Waals surface area contributed by atoms with Crippen LogP contribution in [0.15, 0.2) is 30.3 Å². The Bertz CT molecular complexity index is 493. The molecule has 2 amide bonds. The highest BCUT2D eigenvalue weighted by Gasteiger charge is 2.22. The number of nitrogens with one attached hydrogen (secondary N) is 1. The molecule has 1 aliphatic rings. The number of nitrogens with zero attached hydrogens (tertiary/aromatic N) is 1. The molecule has 1 fully saturated rings. The molecule has 1 heterocycles. The van der Waals surface area contributed by atoms with E-state index in [1.54, 1.807) is 12.1 Å². The van der Waals surface area contributed by atoms with Gasteiger partial charge in [-0.15, -0.1) is 0 Å². The van der Waals surface area contributed by atoms with E-state index in [1.165, 1.54) is 12.8 Å². The summed E-state index contributed by atoms with van der Waals surface area (Å²) in [4.78, 5) is 26.2. The molecule has 1 N–H and O–H groups in total. The Morgan fingerprint density at radius 1 is 1.27 bits per heavy atom. The Hall–Kier alpha value is -1.49. The second kappa shape index (κ2) is 8.83. The van der Waals surface area contributed by atoms with Crippen LogP contribution in [0.5, 0.6) is 0 Å². The number of rotatable bonds is 5. The van der Waals surface area contributed by atoms with E-state index in [-0.39, 0.29) is 18.4 Å². The Morgan fingerprint density at radius 2 is 2.05 bits per heavy atom. The molecule has 5 heteroatoms. The molecule has 1 saturated heterocycles. The molecule has 0 aromatic heterocycles. The monoisotopic (exact) mass is 320 g/mol. The van der Waals surface area contributed by atoms with Crippen molar-refractivity contribution in [2.24, 2.45) is 0 Å². The summed E-state index contributed by atoms with van der Waals surface area (Å²) in [6, 6.07) is 9.00. The molecule has 1 aliphatic heterocycles. The second-order valence-electron chi connectivity index (χ2n) is 5.46. The third-order valence-corrected chi connectivity index (χ3v) is 5.01. The fourth-order valence-electron chi connectivity index (χ4n) is 2.66. The maximum atomic E-state index is 12.3. The quantitative estimate of drug-likeness (QED) is 0.907. The predicted octanol–water partition coefficient (Wildman–Crippen LogP) is 2.55. The van der Waals surface area contributed by atoms with E-state index in [0.717, 1.165) is 25.3 Å². The van der Waals surface area contributed by atoms with Gasteiger partial charge in [0.05, 0.1) is 6.54 Å². The topological polar surface area (TPSA) is 49.4 Å². The number of thioether (sulfide) groups is 1. The number of carbonyl (C=O) groups is 2. The molecule has 22 heavy (non-hydrogen) atoms. The van der Waals surface area contributed by atoms with Gasteiger partial charge in [-0.25, -0.2) is 0 Å². The van der Waals surface area contributed by atoms with E-state index in [2.05, 4.69) is 12.2 Å². The summed E-state index contributed by atoms with van der Waals surface area (Å²) in [5.41, 5.74) is 0.589. The lowest BCUT2D eigenvalue weighted by molar-refractivity contribution is -0.130. The van der Waals surface area contributed by atoms with Crippen molar-refractivity contribution in [3.8, 4) is 0 Å². The van der Waals surface area contributed by atoms with E-state index in [9.17, 15) is 9.59 Å². The van der Waals surface area contributed by atoms with Crippen LogP contribution < -0.4 is 5.32 Å². The minimum absolute atomic E-state index is 0.0212. The van der Waals surface area contributed by atoms with Crippen molar-refractivity contribution >= 4 is 23.6 Å². The van der Waals surface area contributed by atoms with Crippen LogP contribution in [-0.4, -0.2) is 47.4 Å². The van der Waals surface area contributed by atoms with Gasteiger partial charge in [0, 0.05) is 23.9 Å². The normalized spacial score (nSPS) is 18.6. The molecule has 1 atom stereocenters. The molecule has 0 saturated carbocycles. The number of likely N-dealkylation sites (tertiary alicyclic amines) is 1. The molecular weight excluding hydrogens is 296 g/mol. The molecule has 2 rings (SSSR count). The van der Waals surface area contributed by atoms with Crippen LogP contribution in [0.1, 0.15) is 36.5 Å². The van der Waals surface area contributed by atoms with Gasteiger partial charge in [-0.2, -0.15) is 11.8 Å². The zero-order valence-electron chi connectivity index (χ0n) is 13.1. The van der Waals surface area contributed by atoms with Crippen molar-refractivity contribution in [3.63, 3.8) is 0 Å². The number of amides is 2. The Kier molecular flexibility index (Phi) is 6.77. The Balaban J connectivity index is 1.84. The number of hydrogen-bond acceptors (Lipinski definition) is 3. The van der Waals surface area contributed by atoms with E-state index < -0.39 is 0 Å². The minimum Gasteiger partial charge on any atom is -0.343 e. The number of benzene rings is 1. The van der Waals surface area contributed by atoms with Crippen molar-refractivity contribution in [2.75, 3.05) is 25.4 Å². The minimum atomic E-state index is -0.191. The van der Waals surface area contributed by atoms with Crippen molar-refractivity contribution in [1.29, 1.82) is 0 Å². The van der Waals surface area contributed by atoms with Crippen molar-refractivity contribution < 1.29 is 9.59 Å². The van der Waals surface area contributed by atoms with Crippen LogP contribution >= 0.6 is 11.8 Å². The Labute approximate surface area is 136 Å². The molecule has 120 valence electrons. The molecular formula is C17H24N2O2S. The van der Waals surface area contributed by atoms with Crippen LogP contribution in [-0.2, 0) is 4.79 Å². The predicted molar refractivity (Wildman–Crippen MR) is 91.1 cm³/mol. The summed E-state index contributed by atoms with van der Waals surface area (Å²) in [6.07, 6.45) is 3.41. The van der Waals surface area contributed by atoms with Gasteiger partial charge in [0.25, 0.3) is 5.91 Å². The average molecular weight is 320 g/mol. The van der Waals surface area contributed by atoms with Gasteiger partial charge in [0.1, 0.15) is 0 Å². The van der Waals surface area contributed by atoms with Crippen LogP contribution in [0, 0.1) is 0 Å². The maximum Gasteiger partial charge on any atom is 0.251 e. The molecule has 0 aliphatic carbocycles. The van der Waals surface area contributed by atoms with Crippen molar-refractivity contribution in [2.45, 2.75) is 31.4 Å². The first kappa shape index (κ1) is 16.9. The third kappa shape index (κ3) is 5.05. The standard InChI is InChI=1S/C17H24N2O2S/c1-2-22-15-10-6-7-11-19(13-15)16(20)12-18-17(21)14-8-4-3-5-9-14/h3-5,8-9,15H,2,6-7,10-13H2,1H3,(H,18,21)/t15-/m0/s1. The highest BCUT2D eigenvalue weighted by molar-refractivity contribution is 7.99.